The number of halogens is 1. The van der Waals surface area contributed by atoms with Crippen LogP contribution in [0.1, 0.15) is 34.3 Å². The maximum atomic E-state index is 11.8. The molecule has 0 fully saturated rings. The molecule has 0 amide bonds. The number of carbonyl (C=O) groups is 1. The molecule has 0 bridgehead atoms. The van der Waals surface area contributed by atoms with E-state index < -0.39 is 5.97 Å². The quantitative estimate of drug-likeness (QED) is 0.515. The molecule has 0 unspecified atom stereocenters. The number of aromatic nitrogens is 1. The van der Waals surface area contributed by atoms with Crippen molar-refractivity contribution in [2.45, 2.75) is 26.2 Å². The highest BCUT2D eigenvalue weighted by molar-refractivity contribution is 9.10. The Balaban J connectivity index is 2.28. The van der Waals surface area contributed by atoms with Crippen LogP contribution in [0.4, 0.5) is 0 Å². The maximum absolute atomic E-state index is 11.8. The first-order valence-corrected chi connectivity index (χ1v) is 9.15. The topological polar surface area (TPSA) is 79.1 Å². The van der Waals surface area contributed by atoms with Crippen LogP contribution in [0.25, 0.3) is 22.2 Å². The van der Waals surface area contributed by atoms with Gasteiger partial charge in [0.15, 0.2) is 0 Å². The lowest BCUT2D eigenvalue weighted by atomic mass is 9.96. The minimum Gasteiger partial charge on any atom is -0.478 e. The molecule has 0 aliphatic rings. The zero-order valence-corrected chi connectivity index (χ0v) is 15.7. The van der Waals surface area contributed by atoms with Gasteiger partial charge in [-0.15, -0.1) is 0 Å². The van der Waals surface area contributed by atoms with Crippen molar-refractivity contribution in [2.24, 2.45) is 5.73 Å². The maximum Gasteiger partial charge on any atom is 0.336 e. The van der Waals surface area contributed by atoms with Crippen molar-refractivity contribution in [3.05, 3.63) is 57.6 Å². The van der Waals surface area contributed by atoms with Gasteiger partial charge in [0, 0.05) is 21.1 Å². The molecule has 0 radical (unpaired) electrons. The van der Waals surface area contributed by atoms with Gasteiger partial charge in [0.25, 0.3) is 0 Å². The number of H-pyrrole nitrogens is 1. The van der Waals surface area contributed by atoms with Gasteiger partial charge in [-0.25, -0.2) is 4.79 Å². The molecule has 3 aromatic rings. The zero-order chi connectivity index (χ0) is 18.0. The second-order valence-electron chi connectivity index (χ2n) is 6.22. The van der Waals surface area contributed by atoms with Gasteiger partial charge in [-0.05, 0) is 67.6 Å². The van der Waals surface area contributed by atoms with Crippen LogP contribution < -0.4 is 5.73 Å². The minimum atomic E-state index is -0.898. The number of carboxylic acid groups (broad SMARTS) is 1. The smallest absolute Gasteiger partial charge is 0.336 e. The lowest BCUT2D eigenvalue weighted by Gasteiger charge is -2.07. The normalized spacial score (nSPS) is 11.2. The summed E-state index contributed by atoms with van der Waals surface area (Å²) >= 11 is 3.52. The second kappa shape index (κ2) is 7.42. The Morgan fingerprint density at radius 1 is 1.24 bits per heavy atom. The molecule has 3 rings (SSSR count). The number of hydrogen-bond donors (Lipinski definition) is 3. The third kappa shape index (κ3) is 3.48. The fraction of sp³-hybridized carbons (Fsp3) is 0.250. The summed E-state index contributed by atoms with van der Waals surface area (Å²) < 4.78 is 0.992. The lowest BCUT2D eigenvalue weighted by molar-refractivity contribution is 0.0699. The summed E-state index contributed by atoms with van der Waals surface area (Å²) in [7, 11) is 0. The standard InChI is InChI=1S/C20H21BrN2O2/c1-12-8-9-16(20(24)25)17-15(7-2-3-10-22)19(23-18(12)17)13-5-4-6-14(21)11-13/h4-6,8-9,11,23H,2-3,7,10,22H2,1H3,(H,24,25). The predicted molar refractivity (Wildman–Crippen MR) is 105 cm³/mol. The Labute approximate surface area is 155 Å². The first-order valence-electron chi connectivity index (χ1n) is 8.36. The van der Waals surface area contributed by atoms with Gasteiger partial charge in [-0.2, -0.15) is 0 Å². The molecule has 2 aromatic carbocycles. The molecule has 25 heavy (non-hydrogen) atoms. The zero-order valence-electron chi connectivity index (χ0n) is 14.1. The van der Waals surface area contributed by atoms with E-state index in [1.165, 1.54) is 0 Å². The van der Waals surface area contributed by atoms with E-state index in [9.17, 15) is 9.90 Å². The molecule has 0 saturated carbocycles. The average molecular weight is 401 g/mol. The number of aromatic amines is 1. The highest BCUT2D eigenvalue weighted by atomic mass is 79.9. The summed E-state index contributed by atoms with van der Waals surface area (Å²) in [5.41, 5.74) is 11.0. The van der Waals surface area contributed by atoms with Gasteiger partial charge in [-0.3, -0.25) is 0 Å². The van der Waals surface area contributed by atoms with Crippen molar-refractivity contribution in [1.82, 2.24) is 4.98 Å². The Hall–Kier alpha value is -2.11. The summed E-state index contributed by atoms with van der Waals surface area (Å²) in [5, 5.41) is 10.5. The molecule has 0 atom stereocenters. The van der Waals surface area contributed by atoms with E-state index in [-0.39, 0.29) is 0 Å². The third-order valence-electron chi connectivity index (χ3n) is 4.49. The van der Waals surface area contributed by atoms with Crippen LogP contribution in [0.15, 0.2) is 40.9 Å². The molecular weight excluding hydrogens is 380 g/mol. The van der Waals surface area contributed by atoms with Crippen LogP contribution in [-0.4, -0.2) is 22.6 Å². The lowest BCUT2D eigenvalue weighted by Crippen LogP contribution is -2.01. The van der Waals surface area contributed by atoms with Crippen LogP contribution in [-0.2, 0) is 6.42 Å². The molecule has 0 aliphatic heterocycles. The van der Waals surface area contributed by atoms with Gasteiger partial charge >= 0.3 is 5.97 Å². The Morgan fingerprint density at radius 3 is 2.72 bits per heavy atom. The average Bonchev–Trinajstić information content (AvgIpc) is 2.96. The number of aromatic carboxylic acids is 1. The van der Waals surface area contributed by atoms with Crippen LogP contribution in [0.5, 0.6) is 0 Å². The number of nitrogens with one attached hydrogen (secondary N) is 1. The summed E-state index contributed by atoms with van der Waals surface area (Å²) in [6.07, 6.45) is 2.64. The van der Waals surface area contributed by atoms with E-state index in [0.29, 0.717) is 12.1 Å². The number of benzene rings is 2. The SMILES string of the molecule is Cc1ccc(C(=O)O)c2c(CCCCN)c(-c3cccc(Br)c3)[nH]c12. The highest BCUT2D eigenvalue weighted by Gasteiger charge is 2.20. The van der Waals surface area contributed by atoms with E-state index in [1.54, 1.807) is 6.07 Å². The molecule has 0 saturated heterocycles. The largest absolute Gasteiger partial charge is 0.478 e. The number of aryl methyl sites for hydroxylation is 2. The Morgan fingerprint density at radius 2 is 2.04 bits per heavy atom. The van der Waals surface area contributed by atoms with E-state index in [2.05, 4.69) is 20.9 Å². The fourth-order valence-electron chi connectivity index (χ4n) is 3.27. The van der Waals surface area contributed by atoms with Gasteiger partial charge < -0.3 is 15.8 Å². The molecule has 0 aliphatic carbocycles. The van der Waals surface area contributed by atoms with Crippen molar-refractivity contribution >= 4 is 32.8 Å². The minimum absolute atomic E-state index is 0.348. The van der Waals surface area contributed by atoms with Crippen LogP contribution in [0, 0.1) is 6.92 Å². The summed E-state index contributed by atoms with van der Waals surface area (Å²) in [4.78, 5) is 15.2. The summed E-state index contributed by atoms with van der Waals surface area (Å²) in [5.74, 6) is -0.898. The first-order chi connectivity index (χ1) is 12.0. The number of nitrogens with two attached hydrogens (primary N) is 1. The Kier molecular flexibility index (Phi) is 5.25. The van der Waals surface area contributed by atoms with Crippen molar-refractivity contribution in [3.63, 3.8) is 0 Å². The van der Waals surface area contributed by atoms with Crippen molar-refractivity contribution < 1.29 is 9.90 Å². The summed E-state index contributed by atoms with van der Waals surface area (Å²) in [6.45, 7) is 2.64. The van der Waals surface area contributed by atoms with E-state index in [0.717, 1.165) is 57.0 Å². The Bertz CT molecular complexity index is 931. The van der Waals surface area contributed by atoms with Crippen molar-refractivity contribution in [2.75, 3.05) is 6.54 Å². The van der Waals surface area contributed by atoms with E-state index in [1.807, 2.05) is 37.3 Å². The monoisotopic (exact) mass is 400 g/mol. The molecule has 5 heteroatoms. The van der Waals surface area contributed by atoms with E-state index in [4.69, 9.17) is 5.73 Å². The molecular formula is C20H21BrN2O2. The first kappa shape index (κ1) is 17.7. The van der Waals surface area contributed by atoms with Gasteiger partial charge in [-0.1, -0.05) is 34.1 Å². The van der Waals surface area contributed by atoms with Crippen molar-refractivity contribution in [1.29, 1.82) is 0 Å². The van der Waals surface area contributed by atoms with Gasteiger partial charge in [0.1, 0.15) is 0 Å². The molecule has 1 aromatic heterocycles. The van der Waals surface area contributed by atoms with Gasteiger partial charge in [0.05, 0.1) is 5.56 Å². The fourth-order valence-corrected chi connectivity index (χ4v) is 3.67. The molecule has 4 N–H and O–H groups in total. The van der Waals surface area contributed by atoms with Crippen LogP contribution in [0.3, 0.4) is 0 Å². The highest BCUT2D eigenvalue weighted by Crippen LogP contribution is 2.36. The predicted octanol–water partition coefficient (Wildman–Crippen LogP) is 4.89. The number of fused-ring (bicyclic) bond motifs is 1. The van der Waals surface area contributed by atoms with Gasteiger partial charge in [0.2, 0.25) is 0 Å². The molecule has 4 nitrogen and oxygen atoms in total. The molecule has 130 valence electrons. The van der Waals surface area contributed by atoms with E-state index >= 15 is 0 Å². The summed E-state index contributed by atoms with van der Waals surface area (Å²) in [6, 6.07) is 11.6. The second-order valence-corrected chi connectivity index (χ2v) is 7.14. The van der Waals surface area contributed by atoms with Crippen LogP contribution in [0.2, 0.25) is 0 Å². The van der Waals surface area contributed by atoms with Crippen molar-refractivity contribution in [3.8, 4) is 11.3 Å². The number of hydrogen-bond acceptors (Lipinski definition) is 2. The van der Waals surface area contributed by atoms with Crippen LogP contribution >= 0.6 is 15.9 Å². The number of carboxylic acids is 1. The number of rotatable bonds is 6. The third-order valence-corrected chi connectivity index (χ3v) is 4.99. The molecule has 1 heterocycles. The number of unbranched alkanes of at least 4 members (excludes halogenated alkanes) is 1. The molecule has 0 spiro atoms.